The second-order valence-electron chi connectivity index (χ2n) is 4.01. The molecular formula is C15H11N3. The summed E-state index contributed by atoms with van der Waals surface area (Å²) in [6.07, 6.45) is 3.72. The van der Waals surface area contributed by atoms with Crippen molar-refractivity contribution in [1.82, 2.24) is 9.97 Å². The van der Waals surface area contributed by atoms with Crippen LogP contribution in [0, 0.1) is 11.3 Å². The van der Waals surface area contributed by atoms with Gasteiger partial charge < -0.3 is 9.97 Å². The van der Waals surface area contributed by atoms with Crippen molar-refractivity contribution in [3.63, 3.8) is 0 Å². The van der Waals surface area contributed by atoms with Crippen LogP contribution in [0.5, 0.6) is 0 Å². The predicted molar refractivity (Wildman–Crippen MR) is 70.7 cm³/mol. The number of nitrogens with one attached hydrogen (secondary N) is 2. The predicted octanol–water partition coefficient (Wildman–Crippen LogP) is 3.55. The van der Waals surface area contributed by atoms with Crippen molar-refractivity contribution in [2.45, 2.75) is 0 Å². The molecule has 2 heterocycles. The first-order valence-corrected chi connectivity index (χ1v) is 5.71. The molecule has 0 atom stereocenters. The lowest BCUT2D eigenvalue weighted by atomic mass is 9.98. The fraction of sp³-hybridized carbons (Fsp3) is 0. The van der Waals surface area contributed by atoms with Crippen molar-refractivity contribution in [2.75, 3.05) is 0 Å². The standard InChI is InChI=1S/C15H11N3/c16-10-13-11(14-6-2-8-17-14)4-1-5-12(13)15-7-3-9-18-15/h1-9,17-18H. The molecule has 0 saturated carbocycles. The van der Waals surface area contributed by atoms with Crippen LogP contribution in [0.15, 0.2) is 54.9 Å². The molecule has 3 nitrogen and oxygen atoms in total. The van der Waals surface area contributed by atoms with E-state index in [-0.39, 0.29) is 0 Å². The van der Waals surface area contributed by atoms with Crippen molar-refractivity contribution in [2.24, 2.45) is 0 Å². The molecule has 2 N–H and O–H groups in total. The van der Waals surface area contributed by atoms with Gasteiger partial charge in [0.05, 0.1) is 5.56 Å². The van der Waals surface area contributed by atoms with Crippen LogP contribution in [0.4, 0.5) is 0 Å². The summed E-state index contributed by atoms with van der Waals surface area (Å²) in [7, 11) is 0. The number of hydrogen-bond acceptors (Lipinski definition) is 1. The summed E-state index contributed by atoms with van der Waals surface area (Å²) < 4.78 is 0. The third kappa shape index (κ3) is 1.61. The Morgan fingerprint density at radius 3 is 1.72 bits per heavy atom. The molecule has 86 valence electrons. The first-order chi connectivity index (χ1) is 8.90. The van der Waals surface area contributed by atoms with E-state index in [0.717, 1.165) is 22.5 Å². The van der Waals surface area contributed by atoms with Crippen LogP contribution in [0.1, 0.15) is 5.56 Å². The van der Waals surface area contributed by atoms with Crippen molar-refractivity contribution in [3.05, 3.63) is 60.4 Å². The van der Waals surface area contributed by atoms with Crippen LogP contribution in [-0.4, -0.2) is 9.97 Å². The van der Waals surface area contributed by atoms with Crippen LogP contribution >= 0.6 is 0 Å². The van der Waals surface area contributed by atoms with Gasteiger partial charge in [0.15, 0.2) is 0 Å². The fourth-order valence-corrected chi connectivity index (χ4v) is 2.12. The van der Waals surface area contributed by atoms with Gasteiger partial charge in [-0.1, -0.05) is 18.2 Å². The highest BCUT2D eigenvalue weighted by atomic mass is 14.7. The van der Waals surface area contributed by atoms with Gasteiger partial charge in [-0.05, 0) is 24.3 Å². The van der Waals surface area contributed by atoms with Gasteiger partial charge in [0.2, 0.25) is 0 Å². The van der Waals surface area contributed by atoms with Crippen LogP contribution in [0.25, 0.3) is 22.5 Å². The van der Waals surface area contributed by atoms with Gasteiger partial charge in [-0.15, -0.1) is 0 Å². The van der Waals surface area contributed by atoms with Crippen LogP contribution in [-0.2, 0) is 0 Å². The third-order valence-electron chi connectivity index (χ3n) is 2.95. The number of aromatic amines is 2. The summed E-state index contributed by atoms with van der Waals surface area (Å²) in [5, 5.41) is 9.42. The average molecular weight is 233 g/mol. The molecule has 0 aliphatic rings. The van der Waals surface area contributed by atoms with E-state index in [4.69, 9.17) is 0 Å². The Bertz CT molecular complexity index is 633. The molecule has 18 heavy (non-hydrogen) atoms. The molecule has 0 amide bonds. The largest absolute Gasteiger partial charge is 0.361 e. The average Bonchev–Trinajstić information content (AvgIpc) is 3.10. The molecule has 0 unspecified atom stereocenters. The summed E-state index contributed by atoms with van der Waals surface area (Å²) in [4.78, 5) is 6.28. The molecule has 3 aromatic rings. The van der Waals surface area contributed by atoms with E-state index in [1.54, 1.807) is 0 Å². The smallest absolute Gasteiger partial charge is 0.101 e. The first-order valence-electron chi connectivity index (χ1n) is 5.71. The molecule has 0 radical (unpaired) electrons. The van der Waals surface area contributed by atoms with Gasteiger partial charge in [-0.2, -0.15) is 5.26 Å². The summed E-state index contributed by atoms with van der Waals surface area (Å²) in [5.41, 5.74) is 4.45. The molecule has 3 rings (SSSR count). The zero-order valence-corrected chi connectivity index (χ0v) is 9.64. The zero-order chi connectivity index (χ0) is 12.4. The van der Waals surface area contributed by atoms with Gasteiger partial charge >= 0.3 is 0 Å². The molecule has 0 spiro atoms. The van der Waals surface area contributed by atoms with E-state index in [9.17, 15) is 5.26 Å². The Balaban J connectivity index is 2.24. The van der Waals surface area contributed by atoms with E-state index < -0.39 is 0 Å². The number of nitrogens with zero attached hydrogens (tertiary/aromatic N) is 1. The third-order valence-corrected chi connectivity index (χ3v) is 2.95. The molecule has 1 aromatic carbocycles. The molecular weight excluding hydrogens is 222 g/mol. The lowest BCUT2D eigenvalue weighted by Gasteiger charge is -2.07. The lowest BCUT2D eigenvalue weighted by Crippen LogP contribution is -1.89. The normalized spacial score (nSPS) is 10.2. The Morgan fingerprint density at radius 1 is 0.778 bits per heavy atom. The van der Waals surface area contributed by atoms with Crippen molar-refractivity contribution >= 4 is 0 Å². The maximum atomic E-state index is 9.42. The molecule has 3 heteroatoms. The minimum atomic E-state index is 0.683. The van der Waals surface area contributed by atoms with Crippen molar-refractivity contribution in [1.29, 1.82) is 5.26 Å². The quantitative estimate of drug-likeness (QED) is 0.698. The maximum Gasteiger partial charge on any atom is 0.101 e. The number of rotatable bonds is 2. The van der Waals surface area contributed by atoms with Crippen molar-refractivity contribution in [3.8, 4) is 28.6 Å². The molecule has 0 bridgehead atoms. The van der Waals surface area contributed by atoms with Gasteiger partial charge in [0.25, 0.3) is 0 Å². The second kappa shape index (κ2) is 4.27. The number of H-pyrrole nitrogens is 2. The second-order valence-corrected chi connectivity index (χ2v) is 4.01. The fourth-order valence-electron chi connectivity index (χ4n) is 2.12. The maximum absolute atomic E-state index is 9.42. The molecule has 0 aliphatic carbocycles. The van der Waals surface area contributed by atoms with E-state index in [1.165, 1.54) is 0 Å². The van der Waals surface area contributed by atoms with Crippen LogP contribution in [0.2, 0.25) is 0 Å². The zero-order valence-electron chi connectivity index (χ0n) is 9.64. The molecule has 0 aliphatic heterocycles. The molecule has 2 aromatic heterocycles. The van der Waals surface area contributed by atoms with Gasteiger partial charge in [0, 0.05) is 34.9 Å². The van der Waals surface area contributed by atoms with E-state index in [1.807, 2.05) is 54.9 Å². The van der Waals surface area contributed by atoms with Gasteiger partial charge in [-0.25, -0.2) is 0 Å². The number of hydrogen-bond donors (Lipinski definition) is 2. The highest BCUT2D eigenvalue weighted by Gasteiger charge is 2.11. The van der Waals surface area contributed by atoms with E-state index in [2.05, 4.69) is 16.0 Å². The monoisotopic (exact) mass is 233 g/mol. The van der Waals surface area contributed by atoms with E-state index >= 15 is 0 Å². The molecule has 0 saturated heterocycles. The van der Waals surface area contributed by atoms with Crippen LogP contribution in [0.3, 0.4) is 0 Å². The van der Waals surface area contributed by atoms with Gasteiger partial charge in [0.1, 0.15) is 6.07 Å². The summed E-state index contributed by atoms with van der Waals surface area (Å²) >= 11 is 0. The Morgan fingerprint density at radius 2 is 1.33 bits per heavy atom. The topological polar surface area (TPSA) is 55.4 Å². The summed E-state index contributed by atoms with van der Waals surface area (Å²) in [6.45, 7) is 0. The summed E-state index contributed by atoms with van der Waals surface area (Å²) in [6, 6.07) is 16.0. The Hall–Kier alpha value is -2.73. The highest BCUT2D eigenvalue weighted by Crippen LogP contribution is 2.30. The minimum Gasteiger partial charge on any atom is -0.361 e. The first kappa shape index (κ1) is 10.4. The van der Waals surface area contributed by atoms with Gasteiger partial charge in [-0.3, -0.25) is 0 Å². The Kier molecular flexibility index (Phi) is 2.47. The summed E-state index contributed by atoms with van der Waals surface area (Å²) in [5.74, 6) is 0. The lowest BCUT2D eigenvalue weighted by molar-refractivity contribution is 1.36. The van der Waals surface area contributed by atoms with Crippen LogP contribution < -0.4 is 0 Å². The highest BCUT2D eigenvalue weighted by molar-refractivity contribution is 5.79. The Labute approximate surface area is 105 Å². The number of aromatic nitrogens is 2. The SMILES string of the molecule is N#Cc1c(-c2ccc[nH]2)cccc1-c1ccc[nH]1. The number of benzene rings is 1. The van der Waals surface area contributed by atoms with E-state index in [0.29, 0.717) is 5.56 Å². The molecule has 0 fully saturated rings. The van der Waals surface area contributed by atoms with Crippen molar-refractivity contribution < 1.29 is 0 Å². The minimum absolute atomic E-state index is 0.683. The number of nitriles is 1.